The van der Waals surface area contributed by atoms with Crippen LogP contribution < -0.4 is 10.6 Å². The predicted octanol–water partition coefficient (Wildman–Crippen LogP) is 2.48. The number of nitrogens with one attached hydrogen (secondary N) is 2. The highest BCUT2D eigenvalue weighted by Crippen LogP contribution is 2.10. The van der Waals surface area contributed by atoms with Crippen LogP contribution in [0.2, 0.25) is 0 Å². The van der Waals surface area contributed by atoms with Gasteiger partial charge in [0.25, 0.3) is 0 Å². The van der Waals surface area contributed by atoms with Gasteiger partial charge in [-0.15, -0.1) is 35.3 Å². The number of thiazole rings is 1. The van der Waals surface area contributed by atoms with Crippen LogP contribution >= 0.6 is 35.3 Å². The molecule has 2 heterocycles. The molecule has 2 rings (SSSR count). The zero-order valence-electron chi connectivity index (χ0n) is 13.8. The van der Waals surface area contributed by atoms with Crippen molar-refractivity contribution in [1.29, 1.82) is 0 Å². The van der Waals surface area contributed by atoms with E-state index < -0.39 is 0 Å². The van der Waals surface area contributed by atoms with Crippen LogP contribution in [0.3, 0.4) is 0 Å². The van der Waals surface area contributed by atoms with Gasteiger partial charge in [0.05, 0.1) is 6.54 Å². The molecule has 2 aromatic rings. The molecule has 2 aromatic heterocycles. The largest absolute Gasteiger partial charge is 0.356 e. The van der Waals surface area contributed by atoms with Gasteiger partial charge in [-0.1, -0.05) is 19.0 Å². The zero-order chi connectivity index (χ0) is 15.9. The second-order valence-electron chi connectivity index (χ2n) is 5.17. The molecule has 0 aromatic carbocycles. The van der Waals surface area contributed by atoms with Crippen LogP contribution in [-0.4, -0.2) is 34.7 Å². The van der Waals surface area contributed by atoms with Gasteiger partial charge in [0.15, 0.2) is 11.8 Å². The number of aliphatic imine (C=N–C) groups is 1. The molecule has 2 N–H and O–H groups in total. The number of aromatic nitrogens is 3. The number of hydrogen-bond acceptors (Lipinski definition) is 6. The van der Waals surface area contributed by atoms with Crippen molar-refractivity contribution in [3.63, 3.8) is 0 Å². The van der Waals surface area contributed by atoms with Gasteiger partial charge in [0, 0.05) is 37.0 Å². The minimum absolute atomic E-state index is 0. The highest BCUT2D eigenvalue weighted by Gasteiger charge is 2.09. The molecule has 0 aliphatic rings. The van der Waals surface area contributed by atoms with E-state index in [2.05, 4.69) is 30.8 Å². The van der Waals surface area contributed by atoms with Gasteiger partial charge in [-0.05, 0) is 6.92 Å². The van der Waals surface area contributed by atoms with Gasteiger partial charge in [-0.3, -0.25) is 4.99 Å². The lowest BCUT2D eigenvalue weighted by Gasteiger charge is -2.09. The van der Waals surface area contributed by atoms with Gasteiger partial charge >= 0.3 is 0 Å². The smallest absolute Gasteiger partial charge is 0.228 e. The molecule has 7 nitrogen and oxygen atoms in total. The second-order valence-corrected chi connectivity index (χ2v) is 6.49. The third-order valence-corrected chi connectivity index (χ3v) is 3.84. The molecule has 0 bridgehead atoms. The monoisotopic (exact) mass is 450 g/mol. The first-order valence-corrected chi connectivity index (χ1v) is 8.08. The summed E-state index contributed by atoms with van der Waals surface area (Å²) in [5.74, 6) is 2.40. The van der Waals surface area contributed by atoms with Crippen molar-refractivity contribution < 1.29 is 4.52 Å². The van der Waals surface area contributed by atoms with E-state index in [0.717, 1.165) is 16.8 Å². The predicted molar refractivity (Wildman–Crippen MR) is 103 cm³/mol. The highest BCUT2D eigenvalue weighted by molar-refractivity contribution is 14.0. The number of aryl methyl sites for hydroxylation is 1. The van der Waals surface area contributed by atoms with Crippen molar-refractivity contribution in [2.24, 2.45) is 4.99 Å². The third-order valence-electron chi connectivity index (χ3n) is 2.93. The van der Waals surface area contributed by atoms with E-state index in [1.54, 1.807) is 18.4 Å². The molecule has 0 unspecified atom stereocenters. The summed E-state index contributed by atoms with van der Waals surface area (Å²) in [7, 11) is 1.74. The van der Waals surface area contributed by atoms with Crippen LogP contribution in [0, 0.1) is 6.92 Å². The molecule has 0 amide bonds. The van der Waals surface area contributed by atoms with Crippen LogP contribution in [0.1, 0.15) is 41.4 Å². The Morgan fingerprint density at radius 3 is 2.74 bits per heavy atom. The lowest BCUT2D eigenvalue weighted by molar-refractivity contribution is 0.371. The topological polar surface area (TPSA) is 88.2 Å². The molecule has 128 valence electrons. The Balaban J connectivity index is 0.00000264. The normalized spacial score (nSPS) is 11.4. The second kappa shape index (κ2) is 9.81. The SMILES string of the molecule is CN=C(NCCc1nc(C(C)C)no1)NCc1ncc(C)s1.I. The van der Waals surface area contributed by atoms with Gasteiger partial charge in [0.2, 0.25) is 5.89 Å². The molecule has 0 aliphatic carbocycles. The first kappa shape index (κ1) is 19.8. The molecule has 0 saturated carbocycles. The van der Waals surface area contributed by atoms with Gasteiger partial charge < -0.3 is 15.2 Å². The van der Waals surface area contributed by atoms with Crippen molar-refractivity contribution in [3.8, 4) is 0 Å². The zero-order valence-corrected chi connectivity index (χ0v) is 16.9. The first-order valence-electron chi connectivity index (χ1n) is 7.26. The average Bonchev–Trinajstić information content (AvgIpc) is 3.11. The van der Waals surface area contributed by atoms with E-state index in [9.17, 15) is 0 Å². The molecule has 0 radical (unpaired) electrons. The Morgan fingerprint density at radius 2 is 2.17 bits per heavy atom. The number of nitrogens with zero attached hydrogens (tertiary/aromatic N) is 4. The summed E-state index contributed by atoms with van der Waals surface area (Å²) in [5, 5.41) is 11.4. The quantitative estimate of drug-likeness (QED) is 0.400. The summed E-state index contributed by atoms with van der Waals surface area (Å²) in [6, 6.07) is 0. The first-order chi connectivity index (χ1) is 10.6. The minimum Gasteiger partial charge on any atom is -0.356 e. The van der Waals surface area contributed by atoms with Crippen LogP contribution in [0.4, 0.5) is 0 Å². The summed E-state index contributed by atoms with van der Waals surface area (Å²) in [6.45, 7) is 7.47. The molecule has 0 fully saturated rings. The standard InChI is InChI=1S/C14H22N6OS.HI/c1-9(2)13-19-11(21-20-13)5-6-16-14(15-4)18-8-12-17-7-10(3)22-12;/h7,9H,5-6,8H2,1-4H3,(H2,15,16,18);1H. The Labute approximate surface area is 157 Å². The summed E-state index contributed by atoms with van der Waals surface area (Å²) < 4.78 is 5.20. The van der Waals surface area contributed by atoms with Crippen LogP contribution in [0.15, 0.2) is 15.7 Å². The minimum atomic E-state index is 0. The maximum absolute atomic E-state index is 5.20. The Morgan fingerprint density at radius 1 is 1.39 bits per heavy atom. The summed E-state index contributed by atoms with van der Waals surface area (Å²) >= 11 is 1.68. The number of rotatable bonds is 6. The van der Waals surface area contributed by atoms with Crippen molar-refractivity contribution >= 4 is 41.3 Å². The van der Waals surface area contributed by atoms with E-state index in [4.69, 9.17) is 4.52 Å². The van der Waals surface area contributed by atoms with Gasteiger partial charge in [-0.2, -0.15) is 4.98 Å². The molecule has 0 saturated heterocycles. The Hall–Kier alpha value is -1.23. The fourth-order valence-corrected chi connectivity index (χ4v) is 2.48. The fourth-order valence-electron chi connectivity index (χ4n) is 1.76. The lowest BCUT2D eigenvalue weighted by atomic mass is 10.2. The van der Waals surface area contributed by atoms with Crippen LogP contribution in [-0.2, 0) is 13.0 Å². The molecule has 0 aliphatic heterocycles. The van der Waals surface area contributed by atoms with Crippen LogP contribution in [0.5, 0.6) is 0 Å². The maximum atomic E-state index is 5.20. The third kappa shape index (κ3) is 6.42. The molecule has 23 heavy (non-hydrogen) atoms. The van der Waals surface area contributed by atoms with E-state index in [1.165, 1.54) is 4.88 Å². The van der Waals surface area contributed by atoms with E-state index in [1.807, 2.05) is 27.0 Å². The molecular formula is C14H23IN6OS. The van der Waals surface area contributed by atoms with Crippen LogP contribution in [0.25, 0.3) is 0 Å². The van der Waals surface area contributed by atoms with Crippen molar-refractivity contribution in [1.82, 2.24) is 25.8 Å². The van der Waals surface area contributed by atoms with Crippen molar-refractivity contribution in [2.75, 3.05) is 13.6 Å². The summed E-state index contributed by atoms with van der Waals surface area (Å²) in [5.41, 5.74) is 0. The lowest BCUT2D eigenvalue weighted by Crippen LogP contribution is -2.37. The Bertz CT molecular complexity index is 624. The number of halogens is 1. The van der Waals surface area contributed by atoms with E-state index in [-0.39, 0.29) is 29.9 Å². The number of guanidine groups is 1. The highest BCUT2D eigenvalue weighted by atomic mass is 127. The van der Waals surface area contributed by atoms with Crippen molar-refractivity contribution in [2.45, 2.75) is 39.7 Å². The molecule has 0 atom stereocenters. The fraction of sp³-hybridized carbons (Fsp3) is 0.571. The summed E-state index contributed by atoms with van der Waals surface area (Å²) in [6.07, 6.45) is 2.54. The molecule has 0 spiro atoms. The number of hydrogen-bond donors (Lipinski definition) is 2. The average molecular weight is 450 g/mol. The molecule has 9 heteroatoms. The van der Waals surface area contributed by atoms with Gasteiger partial charge in [0.1, 0.15) is 5.01 Å². The van der Waals surface area contributed by atoms with Crippen molar-refractivity contribution in [3.05, 3.63) is 27.8 Å². The molecular weight excluding hydrogens is 427 g/mol. The summed E-state index contributed by atoms with van der Waals surface area (Å²) in [4.78, 5) is 14.0. The van der Waals surface area contributed by atoms with Gasteiger partial charge in [-0.25, -0.2) is 4.98 Å². The van der Waals surface area contributed by atoms with E-state index >= 15 is 0 Å². The maximum Gasteiger partial charge on any atom is 0.228 e. The Kier molecular flexibility index (Phi) is 8.45. The van der Waals surface area contributed by atoms with E-state index in [0.29, 0.717) is 25.4 Å².